The number of esters is 1. The molecule has 2 N–H and O–H groups in total. The van der Waals surface area contributed by atoms with Gasteiger partial charge in [0.25, 0.3) is 0 Å². The number of carbonyl (C=O) groups excluding carboxylic acids is 3. The Morgan fingerprint density at radius 3 is 2.64 bits per heavy atom. The van der Waals surface area contributed by atoms with Crippen molar-refractivity contribution in [2.75, 3.05) is 22.1 Å². The number of para-hydroxylation sites is 1. The lowest BCUT2D eigenvalue weighted by Crippen LogP contribution is -2.49. The Morgan fingerprint density at radius 1 is 1.06 bits per heavy atom. The number of carbonyl (C=O) groups is 3. The Bertz CT molecular complexity index is 1740. The molecule has 4 atom stereocenters. The summed E-state index contributed by atoms with van der Waals surface area (Å²) in [5.74, 6) is -0.0544. The van der Waals surface area contributed by atoms with Gasteiger partial charge in [-0.3, -0.25) is 9.69 Å². The van der Waals surface area contributed by atoms with E-state index in [1.165, 1.54) is 28.0 Å². The van der Waals surface area contributed by atoms with E-state index in [0.29, 0.717) is 22.2 Å². The average molecular weight is 688 g/mol. The smallest absolute Gasteiger partial charge is 0.341 e. The Labute approximate surface area is 289 Å². The van der Waals surface area contributed by atoms with Crippen molar-refractivity contribution in [2.45, 2.75) is 80.2 Å². The number of amides is 3. The van der Waals surface area contributed by atoms with E-state index in [9.17, 15) is 14.4 Å². The van der Waals surface area contributed by atoms with E-state index in [4.69, 9.17) is 4.74 Å². The maximum atomic E-state index is 13.8. The second-order valence-electron chi connectivity index (χ2n) is 13.1. The molecule has 2 aliphatic carbocycles. The molecule has 0 spiro atoms. The first-order valence-electron chi connectivity index (χ1n) is 16.1. The van der Waals surface area contributed by atoms with Crippen LogP contribution >= 0.6 is 34.9 Å². The van der Waals surface area contributed by atoms with Crippen molar-refractivity contribution in [3.63, 3.8) is 0 Å². The van der Waals surface area contributed by atoms with Crippen molar-refractivity contribution >= 4 is 69.1 Å². The molecule has 47 heavy (non-hydrogen) atoms. The maximum Gasteiger partial charge on any atom is 0.341 e. The van der Waals surface area contributed by atoms with Gasteiger partial charge in [0, 0.05) is 20.4 Å². The zero-order chi connectivity index (χ0) is 33.3. The number of thioether (sulfide) groups is 2. The summed E-state index contributed by atoms with van der Waals surface area (Å²) in [7, 11) is 0. The van der Waals surface area contributed by atoms with Gasteiger partial charge in [-0.25, -0.2) is 9.59 Å². The topological polar surface area (TPSA) is 87.7 Å². The van der Waals surface area contributed by atoms with E-state index in [2.05, 4.69) is 49.6 Å². The zero-order valence-electron chi connectivity index (χ0n) is 27.4. The van der Waals surface area contributed by atoms with Crippen molar-refractivity contribution in [2.24, 2.45) is 11.3 Å². The van der Waals surface area contributed by atoms with Gasteiger partial charge >= 0.3 is 12.0 Å². The highest BCUT2D eigenvalue weighted by atomic mass is 32.2. The minimum Gasteiger partial charge on any atom is -0.462 e. The van der Waals surface area contributed by atoms with Crippen LogP contribution in [-0.4, -0.2) is 41.1 Å². The van der Waals surface area contributed by atoms with Gasteiger partial charge in [-0.1, -0.05) is 63.3 Å². The summed E-state index contributed by atoms with van der Waals surface area (Å²) in [6, 6.07) is 15.3. The predicted molar refractivity (Wildman–Crippen MR) is 195 cm³/mol. The van der Waals surface area contributed by atoms with E-state index < -0.39 is 5.25 Å². The van der Waals surface area contributed by atoms with E-state index in [1.54, 1.807) is 18.7 Å². The van der Waals surface area contributed by atoms with Crippen LogP contribution in [0.3, 0.4) is 0 Å². The zero-order valence-corrected chi connectivity index (χ0v) is 29.8. The number of ether oxygens (including phenoxy) is 1. The number of allylic oxidation sites excluding steroid dienone is 2. The highest BCUT2D eigenvalue weighted by Gasteiger charge is 2.37. The largest absolute Gasteiger partial charge is 0.462 e. The van der Waals surface area contributed by atoms with Crippen molar-refractivity contribution in [1.29, 1.82) is 0 Å². The molecule has 0 saturated carbocycles. The number of anilines is 3. The third-order valence-electron chi connectivity index (χ3n) is 8.94. The van der Waals surface area contributed by atoms with Crippen LogP contribution in [0.1, 0.15) is 61.8 Å². The van der Waals surface area contributed by atoms with Gasteiger partial charge in [-0.2, -0.15) is 0 Å². The fourth-order valence-corrected chi connectivity index (χ4v) is 9.86. The molecular formula is C37H41N3O4S3. The van der Waals surface area contributed by atoms with E-state index in [0.717, 1.165) is 40.3 Å². The Balaban J connectivity index is 1.15. The van der Waals surface area contributed by atoms with Gasteiger partial charge in [-0.05, 0) is 80.3 Å². The van der Waals surface area contributed by atoms with E-state index >= 15 is 0 Å². The van der Waals surface area contributed by atoms with Crippen LogP contribution in [0.5, 0.6) is 0 Å². The summed E-state index contributed by atoms with van der Waals surface area (Å²) >= 11 is 4.68. The number of nitrogens with zero attached hydrogens (tertiary/aromatic N) is 1. The van der Waals surface area contributed by atoms with Crippen LogP contribution in [-0.2, 0) is 22.4 Å². The molecule has 10 heteroatoms. The monoisotopic (exact) mass is 687 g/mol. The summed E-state index contributed by atoms with van der Waals surface area (Å²) in [5.41, 5.74) is 3.24. The molecule has 2 aromatic carbocycles. The first kappa shape index (κ1) is 33.4. The molecule has 0 bridgehead atoms. The number of hydrogen-bond donors (Lipinski definition) is 2. The van der Waals surface area contributed by atoms with Crippen molar-refractivity contribution in [1.82, 2.24) is 0 Å². The number of rotatable bonds is 7. The van der Waals surface area contributed by atoms with Crippen LogP contribution in [0.25, 0.3) is 0 Å². The first-order chi connectivity index (χ1) is 22.5. The SMILES string of the molecule is CCOC(=O)c1c(NC(=O)C(C)Sc2cccc(NC(=O)N3c4ccccc4SC4C=CC=CC43)c2)sc2c1CCC(C(C)(C)C)C2. The third-order valence-corrected chi connectivity index (χ3v) is 12.5. The van der Waals surface area contributed by atoms with Crippen LogP contribution in [0, 0.1) is 11.3 Å². The van der Waals surface area contributed by atoms with E-state index in [-0.39, 0.29) is 41.2 Å². The lowest BCUT2D eigenvalue weighted by molar-refractivity contribution is -0.115. The second kappa shape index (κ2) is 13.9. The quantitative estimate of drug-likeness (QED) is 0.190. The third kappa shape index (κ3) is 7.20. The molecule has 246 valence electrons. The molecule has 0 fully saturated rings. The van der Waals surface area contributed by atoms with Crippen molar-refractivity contribution < 1.29 is 19.1 Å². The van der Waals surface area contributed by atoms with E-state index in [1.807, 2.05) is 66.4 Å². The molecule has 3 aliphatic rings. The molecule has 4 unspecified atom stereocenters. The lowest BCUT2D eigenvalue weighted by atomic mass is 9.72. The maximum absolute atomic E-state index is 13.8. The molecule has 2 heterocycles. The highest BCUT2D eigenvalue weighted by molar-refractivity contribution is 8.00. The van der Waals surface area contributed by atoms with Gasteiger partial charge in [0.05, 0.1) is 34.4 Å². The predicted octanol–water partition coefficient (Wildman–Crippen LogP) is 9.20. The Morgan fingerprint density at radius 2 is 1.85 bits per heavy atom. The average Bonchev–Trinajstić information content (AvgIpc) is 3.40. The van der Waals surface area contributed by atoms with Gasteiger partial charge in [-0.15, -0.1) is 34.9 Å². The Hall–Kier alpha value is -3.47. The fourth-order valence-electron chi connectivity index (χ4n) is 6.36. The van der Waals surface area contributed by atoms with Crippen molar-refractivity contribution in [3.05, 3.63) is 88.8 Å². The van der Waals surface area contributed by atoms with Crippen LogP contribution < -0.4 is 15.5 Å². The molecular weight excluding hydrogens is 647 g/mol. The fraction of sp³-hybridized carbons (Fsp3) is 0.378. The van der Waals surface area contributed by atoms with Crippen LogP contribution in [0.2, 0.25) is 0 Å². The van der Waals surface area contributed by atoms with Gasteiger partial charge < -0.3 is 15.4 Å². The van der Waals surface area contributed by atoms with Crippen LogP contribution in [0.4, 0.5) is 21.2 Å². The van der Waals surface area contributed by atoms with Crippen LogP contribution in [0.15, 0.2) is 82.6 Å². The van der Waals surface area contributed by atoms with Gasteiger partial charge in [0.2, 0.25) is 5.91 Å². The highest BCUT2D eigenvalue weighted by Crippen LogP contribution is 2.46. The minimum absolute atomic E-state index is 0.0945. The number of hydrogen-bond acceptors (Lipinski definition) is 7. The standard InChI is InChI=1S/C37H41N3O4S3/c1-6-44-35(42)32-26-19-18-23(37(3,4)5)20-31(26)47-34(32)39-33(41)22(2)45-25-13-11-12-24(21-25)38-36(43)40-27-14-7-9-16-29(27)46-30-17-10-8-15-28(30)40/h7-17,21-23,27,29H,6,18-20H2,1-5H3,(H,38,43)(H,39,41). The van der Waals surface area contributed by atoms with Gasteiger partial charge in [0.1, 0.15) is 5.00 Å². The normalized spacial score (nSPS) is 20.4. The molecule has 0 radical (unpaired) electrons. The summed E-state index contributed by atoms with van der Waals surface area (Å²) in [6.45, 7) is 10.7. The summed E-state index contributed by atoms with van der Waals surface area (Å²) < 4.78 is 5.43. The lowest BCUT2D eigenvalue weighted by Gasteiger charge is -2.40. The summed E-state index contributed by atoms with van der Waals surface area (Å²) in [5, 5.41) is 6.43. The van der Waals surface area contributed by atoms with Crippen molar-refractivity contribution in [3.8, 4) is 0 Å². The Kier molecular flexibility index (Phi) is 9.92. The molecule has 7 nitrogen and oxygen atoms in total. The summed E-state index contributed by atoms with van der Waals surface area (Å²) in [6.07, 6.45) is 10.9. The number of benzene rings is 2. The molecule has 3 aromatic rings. The van der Waals surface area contributed by atoms with Gasteiger partial charge in [0.15, 0.2) is 0 Å². The number of fused-ring (bicyclic) bond motifs is 3. The molecule has 1 aliphatic heterocycles. The molecule has 6 rings (SSSR count). The number of nitrogens with one attached hydrogen (secondary N) is 2. The first-order valence-corrected chi connectivity index (χ1v) is 18.7. The summed E-state index contributed by atoms with van der Waals surface area (Å²) in [4.78, 5) is 45.3. The molecule has 0 saturated heterocycles. The second-order valence-corrected chi connectivity index (χ2v) is 16.9. The molecule has 3 amide bonds. The molecule has 1 aromatic heterocycles. The minimum atomic E-state index is -0.455. The number of urea groups is 1. The number of thiophene rings is 1.